The molecular formula is C14H18N2O3S. The normalized spacial score (nSPS) is 26.0. The van der Waals surface area contributed by atoms with Crippen LogP contribution in [-0.4, -0.2) is 40.0 Å². The number of carboxylic acids is 1. The molecule has 3 rings (SSSR count). The van der Waals surface area contributed by atoms with E-state index in [0.717, 1.165) is 23.5 Å². The van der Waals surface area contributed by atoms with Crippen molar-refractivity contribution in [2.24, 2.45) is 17.8 Å². The van der Waals surface area contributed by atoms with Gasteiger partial charge in [-0.25, -0.2) is 4.98 Å². The fourth-order valence-corrected chi connectivity index (χ4v) is 4.02. The zero-order valence-electron chi connectivity index (χ0n) is 11.6. The molecule has 1 aliphatic heterocycles. The second-order valence-electron chi connectivity index (χ2n) is 5.80. The summed E-state index contributed by atoms with van der Waals surface area (Å²) in [6, 6.07) is 0. The summed E-state index contributed by atoms with van der Waals surface area (Å²) >= 11 is 1.39. The van der Waals surface area contributed by atoms with Gasteiger partial charge in [-0.3, -0.25) is 9.59 Å². The van der Waals surface area contributed by atoms with Crippen LogP contribution in [0.4, 0.5) is 0 Å². The highest BCUT2D eigenvalue weighted by Crippen LogP contribution is 2.44. The SMILES string of the molecule is Cc1nc(C)c(C(=O)N2C[C@H](C(=O)O)[C@@H](C3CC3)C2)s1. The number of aliphatic carboxylic acids is 1. The van der Waals surface area contributed by atoms with Crippen LogP contribution in [0.3, 0.4) is 0 Å². The first-order chi connectivity index (χ1) is 9.47. The number of nitrogens with zero attached hydrogens (tertiary/aromatic N) is 2. The van der Waals surface area contributed by atoms with Gasteiger partial charge in [-0.2, -0.15) is 0 Å². The highest BCUT2D eigenvalue weighted by atomic mass is 32.1. The topological polar surface area (TPSA) is 70.5 Å². The lowest BCUT2D eigenvalue weighted by Crippen LogP contribution is -2.29. The zero-order valence-corrected chi connectivity index (χ0v) is 12.4. The van der Waals surface area contributed by atoms with Crippen LogP contribution in [0, 0.1) is 31.6 Å². The number of hydrogen-bond donors (Lipinski definition) is 1. The molecule has 1 saturated heterocycles. The molecule has 2 fully saturated rings. The monoisotopic (exact) mass is 294 g/mol. The Labute approximate surface area is 121 Å². The number of carbonyl (C=O) groups is 2. The number of hydrogen-bond acceptors (Lipinski definition) is 4. The Bertz CT molecular complexity index is 565. The smallest absolute Gasteiger partial charge is 0.308 e. The molecule has 2 atom stereocenters. The van der Waals surface area contributed by atoms with Crippen molar-refractivity contribution in [1.82, 2.24) is 9.88 Å². The molecule has 1 aromatic rings. The van der Waals surface area contributed by atoms with Crippen LogP contribution < -0.4 is 0 Å². The first kappa shape index (κ1) is 13.5. The molecule has 1 aromatic heterocycles. The van der Waals surface area contributed by atoms with Crippen LogP contribution in [0.15, 0.2) is 0 Å². The molecule has 5 nitrogen and oxygen atoms in total. The maximum atomic E-state index is 12.5. The summed E-state index contributed by atoms with van der Waals surface area (Å²) in [5.41, 5.74) is 0.749. The summed E-state index contributed by atoms with van der Waals surface area (Å²) < 4.78 is 0. The van der Waals surface area contributed by atoms with Gasteiger partial charge in [0.05, 0.1) is 16.6 Å². The van der Waals surface area contributed by atoms with E-state index < -0.39 is 11.9 Å². The van der Waals surface area contributed by atoms with Gasteiger partial charge in [0.1, 0.15) is 4.88 Å². The quantitative estimate of drug-likeness (QED) is 0.925. The molecule has 1 saturated carbocycles. The first-order valence-corrected chi connectivity index (χ1v) is 7.75. The number of amides is 1. The molecule has 0 spiro atoms. The average molecular weight is 294 g/mol. The maximum Gasteiger partial charge on any atom is 0.308 e. The second kappa shape index (κ2) is 4.84. The maximum absolute atomic E-state index is 12.5. The molecule has 6 heteroatoms. The molecule has 2 heterocycles. The number of carboxylic acid groups (broad SMARTS) is 1. The van der Waals surface area contributed by atoms with E-state index in [0.29, 0.717) is 23.9 Å². The van der Waals surface area contributed by atoms with Crippen molar-refractivity contribution in [3.63, 3.8) is 0 Å². The standard InChI is InChI=1S/C14H18N2O3S/c1-7-12(20-8(2)15-7)13(17)16-5-10(9-3-4-9)11(6-16)14(18)19/h9-11H,3-6H2,1-2H3,(H,18,19)/t10-,11+/m1/s1. The Kier molecular flexibility index (Phi) is 3.28. The largest absolute Gasteiger partial charge is 0.481 e. The van der Waals surface area contributed by atoms with E-state index in [1.165, 1.54) is 11.3 Å². The van der Waals surface area contributed by atoms with Gasteiger partial charge in [0.15, 0.2) is 0 Å². The Hall–Kier alpha value is -1.43. The van der Waals surface area contributed by atoms with Crippen LogP contribution in [0.25, 0.3) is 0 Å². The molecule has 0 aromatic carbocycles. The van der Waals surface area contributed by atoms with Crippen LogP contribution in [0.2, 0.25) is 0 Å². The van der Waals surface area contributed by atoms with E-state index in [-0.39, 0.29) is 11.8 Å². The predicted octanol–water partition coefficient (Wildman–Crippen LogP) is 1.94. The highest BCUT2D eigenvalue weighted by Gasteiger charge is 2.47. The molecule has 0 unspecified atom stereocenters. The van der Waals surface area contributed by atoms with Crippen molar-refractivity contribution >= 4 is 23.2 Å². The lowest BCUT2D eigenvalue weighted by atomic mass is 9.92. The first-order valence-electron chi connectivity index (χ1n) is 6.93. The average Bonchev–Trinajstić information content (AvgIpc) is 3.03. The molecule has 20 heavy (non-hydrogen) atoms. The molecule has 108 valence electrons. The van der Waals surface area contributed by atoms with E-state index in [9.17, 15) is 14.7 Å². The molecule has 0 radical (unpaired) electrons. The Morgan fingerprint density at radius 1 is 1.30 bits per heavy atom. The van der Waals surface area contributed by atoms with Crippen molar-refractivity contribution in [3.05, 3.63) is 15.6 Å². The Morgan fingerprint density at radius 3 is 2.50 bits per heavy atom. The third kappa shape index (κ3) is 2.32. The van der Waals surface area contributed by atoms with Crippen molar-refractivity contribution in [2.45, 2.75) is 26.7 Å². The van der Waals surface area contributed by atoms with Gasteiger partial charge >= 0.3 is 5.97 Å². The van der Waals surface area contributed by atoms with Crippen molar-refractivity contribution in [3.8, 4) is 0 Å². The lowest BCUT2D eigenvalue weighted by Gasteiger charge is -2.15. The van der Waals surface area contributed by atoms with Gasteiger partial charge in [0, 0.05) is 13.1 Å². The summed E-state index contributed by atoms with van der Waals surface area (Å²) in [5.74, 6) is -0.596. The zero-order chi connectivity index (χ0) is 14.4. The van der Waals surface area contributed by atoms with Gasteiger partial charge in [0.25, 0.3) is 5.91 Å². The van der Waals surface area contributed by atoms with Crippen molar-refractivity contribution < 1.29 is 14.7 Å². The summed E-state index contributed by atoms with van der Waals surface area (Å²) in [6.45, 7) is 4.63. The van der Waals surface area contributed by atoms with Crippen LogP contribution in [-0.2, 0) is 4.79 Å². The van der Waals surface area contributed by atoms with Crippen LogP contribution >= 0.6 is 11.3 Å². The van der Waals surface area contributed by atoms with Crippen LogP contribution in [0.1, 0.15) is 33.2 Å². The summed E-state index contributed by atoms with van der Waals surface area (Å²) in [5, 5.41) is 10.2. The van der Waals surface area contributed by atoms with Gasteiger partial charge in [-0.15, -0.1) is 11.3 Å². The molecular weight excluding hydrogens is 276 g/mol. The number of aromatic nitrogens is 1. The third-order valence-corrected chi connectivity index (χ3v) is 5.36. The minimum atomic E-state index is -0.769. The van der Waals surface area contributed by atoms with Gasteiger partial charge in [-0.1, -0.05) is 0 Å². The molecule has 1 amide bonds. The molecule has 2 aliphatic rings. The van der Waals surface area contributed by atoms with Crippen molar-refractivity contribution in [1.29, 1.82) is 0 Å². The third-order valence-electron chi connectivity index (χ3n) is 4.29. The van der Waals surface area contributed by atoms with Gasteiger partial charge in [-0.05, 0) is 38.5 Å². The molecule has 1 N–H and O–H groups in total. The lowest BCUT2D eigenvalue weighted by molar-refractivity contribution is -0.142. The summed E-state index contributed by atoms with van der Waals surface area (Å²) in [7, 11) is 0. The van der Waals surface area contributed by atoms with Gasteiger partial charge in [0.2, 0.25) is 0 Å². The van der Waals surface area contributed by atoms with Crippen molar-refractivity contribution in [2.75, 3.05) is 13.1 Å². The fourth-order valence-electron chi connectivity index (χ4n) is 3.13. The minimum absolute atomic E-state index is 0.0532. The van der Waals surface area contributed by atoms with E-state index in [2.05, 4.69) is 4.98 Å². The number of rotatable bonds is 3. The van der Waals surface area contributed by atoms with Gasteiger partial charge < -0.3 is 10.0 Å². The molecule has 1 aliphatic carbocycles. The summed E-state index contributed by atoms with van der Waals surface area (Å²) in [4.78, 5) is 30.6. The van der Waals surface area contributed by atoms with E-state index >= 15 is 0 Å². The number of aryl methyl sites for hydroxylation is 2. The van der Waals surface area contributed by atoms with Crippen LogP contribution in [0.5, 0.6) is 0 Å². The molecule has 0 bridgehead atoms. The summed E-state index contributed by atoms with van der Waals surface area (Å²) in [6.07, 6.45) is 2.21. The number of carbonyl (C=O) groups excluding carboxylic acids is 1. The fraction of sp³-hybridized carbons (Fsp3) is 0.643. The number of thiazole rings is 1. The number of likely N-dealkylation sites (tertiary alicyclic amines) is 1. The second-order valence-corrected chi connectivity index (χ2v) is 7.01. The van der Waals surface area contributed by atoms with E-state index in [4.69, 9.17) is 0 Å². The Balaban J connectivity index is 1.79. The van der Waals surface area contributed by atoms with E-state index in [1.807, 2.05) is 13.8 Å². The van der Waals surface area contributed by atoms with E-state index in [1.54, 1.807) is 4.90 Å². The Morgan fingerprint density at radius 2 is 2.00 bits per heavy atom. The predicted molar refractivity (Wildman–Crippen MR) is 74.8 cm³/mol. The highest BCUT2D eigenvalue weighted by molar-refractivity contribution is 7.13. The minimum Gasteiger partial charge on any atom is -0.481 e.